The normalized spacial score (nSPS) is 27.0. The molecule has 1 unspecified atom stereocenters. The van der Waals surface area contributed by atoms with Gasteiger partial charge < -0.3 is 5.32 Å². The van der Waals surface area contributed by atoms with Crippen molar-refractivity contribution in [2.45, 2.75) is 58.4 Å². The molecule has 0 aromatic heterocycles. The molecule has 0 amide bonds. The summed E-state index contributed by atoms with van der Waals surface area (Å²) in [6.07, 6.45) is 6.08. The molecule has 5 nitrogen and oxygen atoms in total. The lowest BCUT2D eigenvalue weighted by molar-refractivity contribution is 0.206. The Morgan fingerprint density at radius 2 is 1.76 bits per heavy atom. The highest BCUT2D eigenvalue weighted by Crippen LogP contribution is 2.27. The summed E-state index contributed by atoms with van der Waals surface area (Å²) in [5.41, 5.74) is 0. The monoisotopic (exact) mass is 317 g/mol. The van der Waals surface area contributed by atoms with E-state index >= 15 is 0 Å². The second-order valence-electron chi connectivity index (χ2n) is 6.33. The maximum absolute atomic E-state index is 12.9. The van der Waals surface area contributed by atoms with E-state index in [2.05, 4.69) is 19.2 Å². The van der Waals surface area contributed by atoms with Gasteiger partial charge >= 0.3 is 0 Å². The molecule has 0 aliphatic carbocycles. The van der Waals surface area contributed by atoms with Crippen molar-refractivity contribution in [3.8, 4) is 0 Å². The van der Waals surface area contributed by atoms with E-state index in [-0.39, 0.29) is 6.04 Å². The third kappa shape index (κ3) is 4.18. The van der Waals surface area contributed by atoms with Crippen LogP contribution in [0.15, 0.2) is 0 Å². The summed E-state index contributed by atoms with van der Waals surface area (Å²) >= 11 is 0. The van der Waals surface area contributed by atoms with E-state index in [0.29, 0.717) is 25.6 Å². The lowest BCUT2D eigenvalue weighted by Crippen LogP contribution is -2.52. The van der Waals surface area contributed by atoms with Crippen molar-refractivity contribution >= 4 is 10.2 Å². The van der Waals surface area contributed by atoms with Crippen molar-refractivity contribution in [2.24, 2.45) is 5.92 Å². The molecule has 0 aromatic rings. The van der Waals surface area contributed by atoms with Crippen LogP contribution in [0.1, 0.15) is 52.4 Å². The molecule has 0 radical (unpaired) electrons. The molecule has 2 saturated heterocycles. The molecule has 2 aliphatic rings. The van der Waals surface area contributed by atoms with Gasteiger partial charge in [-0.15, -0.1) is 0 Å². The first kappa shape index (κ1) is 17.2. The van der Waals surface area contributed by atoms with Crippen LogP contribution in [0.25, 0.3) is 0 Å². The molecule has 2 heterocycles. The molecule has 2 rings (SSSR count). The molecule has 0 spiro atoms. The molecule has 0 aromatic carbocycles. The van der Waals surface area contributed by atoms with E-state index in [4.69, 9.17) is 0 Å². The Morgan fingerprint density at radius 3 is 2.38 bits per heavy atom. The number of nitrogens with zero attached hydrogens (tertiary/aromatic N) is 2. The van der Waals surface area contributed by atoms with Crippen LogP contribution in [0.5, 0.6) is 0 Å². The van der Waals surface area contributed by atoms with Crippen molar-refractivity contribution in [3.63, 3.8) is 0 Å². The van der Waals surface area contributed by atoms with Gasteiger partial charge in [-0.2, -0.15) is 17.0 Å². The van der Waals surface area contributed by atoms with Crippen LogP contribution in [0.3, 0.4) is 0 Å². The summed E-state index contributed by atoms with van der Waals surface area (Å²) in [5, 5.41) is 3.37. The average molecular weight is 317 g/mol. The molecule has 0 saturated carbocycles. The van der Waals surface area contributed by atoms with Gasteiger partial charge in [0.15, 0.2) is 0 Å². The van der Waals surface area contributed by atoms with Gasteiger partial charge in [0, 0.05) is 25.7 Å². The van der Waals surface area contributed by atoms with Crippen LogP contribution in [0.2, 0.25) is 0 Å². The van der Waals surface area contributed by atoms with Gasteiger partial charge in [0.2, 0.25) is 0 Å². The zero-order valence-electron chi connectivity index (χ0n) is 13.6. The van der Waals surface area contributed by atoms with Gasteiger partial charge in [-0.3, -0.25) is 0 Å². The lowest BCUT2D eigenvalue weighted by Gasteiger charge is -2.40. The molecule has 1 N–H and O–H groups in total. The second kappa shape index (κ2) is 7.90. The molecule has 1 atom stereocenters. The first-order chi connectivity index (χ1) is 10.1. The number of nitrogens with one attached hydrogen (secondary N) is 1. The first-order valence-corrected chi connectivity index (χ1v) is 9.96. The summed E-state index contributed by atoms with van der Waals surface area (Å²) in [7, 11) is -3.24. The van der Waals surface area contributed by atoms with Crippen LogP contribution >= 0.6 is 0 Å². The topological polar surface area (TPSA) is 52.7 Å². The Labute approximate surface area is 130 Å². The third-order valence-corrected chi connectivity index (χ3v) is 7.01. The zero-order valence-corrected chi connectivity index (χ0v) is 14.4. The molecular formula is C15H31N3O2S. The van der Waals surface area contributed by atoms with Gasteiger partial charge in [-0.05, 0) is 51.1 Å². The van der Waals surface area contributed by atoms with E-state index in [1.807, 2.05) is 0 Å². The van der Waals surface area contributed by atoms with Crippen LogP contribution in [0.4, 0.5) is 0 Å². The van der Waals surface area contributed by atoms with Crippen molar-refractivity contribution in [3.05, 3.63) is 0 Å². The van der Waals surface area contributed by atoms with Crippen molar-refractivity contribution in [1.29, 1.82) is 0 Å². The Bertz CT molecular complexity index is 405. The number of rotatable bonds is 6. The predicted octanol–water partition coefficient (Wildman–Crippen LogP) is 1.82. The summed E-state index contributed by atoms with van der Waals surface area (Å²) in [6, 6.07) is 0.211. The number of piperidine rings is 2. The van der Waals surface area contributed by atoms with E-state index < -0.39 is 10.2 Å². The smallest absolute Gasteiger partial charge is 0.282 e. The summed E-state index contributed by atoms with van der Waals surface area (Å²) in [5.74, 6) is 0.625. The van der Waals surface area contributed by atoms with Crippen LogP contribution in [-0.4, -0.2) is 55.8 Å². The summed E-state index contributed by atoms with van der Waals surface area (Å²) in [4.78, 5) is 0. The molecule has 0 bridgehead atoms. The lowest BCUT2D eigenvalue weighted by atomic mass is 9.98. The first-order valence-electron chi connectivity index (χ1n) is 8.57. The Balaban J connectivity index is 1.94. The predicted molar refractivity (Wildman–Crippen MR) is 86.4 cm³/mol. The Morgan fingerprint density at radius 1 is 1.05 bits per heavy atom. The maximum atomic E-state index is 12.9. The van der Waals surface area contributed by atoms with Crippen LogP contribution < -0.4 is 5.32 Å². The largest absolute Gasteiger partial charge is 0.317 e. The molecular weight excluding hydrogens is 286 g/mol. The third-order valence-electron chi connectivity index (χ3n) is 4.92. The van der Waals surface area contributed by atoms with Crippen molar-refractivity contribution in [2.75, 3.05) is 32.7 Å². The fraction of sp³-hybridized carbons (Fsp3) is 1.00. The average Bonchev–Trinajstić information content (AvgIpc) is 2.53. The minimum absolute atomic E-state index is 0.211. The van der Waals surface area contributed by atoms with E-state index in [1.54, 1.807) is 8.61 Å². The van der Waals surface area contributed by atoms with E-state index in [1.165, 1.54) is 0 Å². The maximum Gasteiger partial charge on any atom is 0.282 e. The molecule has 21 heavy (non-hydrogen) atoms. The minimum Gasteiger partial charge on any atom is -0.317 e. The fourth-order valence-electron chi connectivity index (χ4n) is 3.53. The SMILES string of the molecule is CCNCC1CCN(S(=O)(=O)N2CCCCC2CC)CC1. The highest BCUT2D eigenvalue weighted by Gasteiger charge is 2.37. The summed E-state index contributed by atoms with van der Waals surface area (Å²) < 4.78 is 29.2. The van der Waals surface area contributed by atoms with Crippen molar-refractivity contribution < 1.29 is 8.42 Å². The molecule has 124 valence electrons. The minimum atomic E-state index is -3.24. The highest BCUT2D eigenvalue weighted by molar-refractivity contribution is 7.86. The Hall–Kier alpha value is -0.170. The van der Waals surface area contributed by atoms with Gasteiger partial charge in [0.05, 0.1) is 0 Å². The van der Waals surface area contributed by atoms with Gasteiger partial charge in [-0.25, -0.2) is 0 Å². The molecule has 6 heteroatoms. The molecule has 2 aliphatic heterocycles. The number of hydrogen-bond donors (Lipinski definition) is 1. The standard InChI is InChI=1S/C15H31N3O2S/c1-3-15-7-5-6-10-18(15)21(19,20)17-11-8-14(9-12-17)13-16-4-2/h14-16H,3-13H2,1-2H3. The van der Waals surface area contributed by atoms with Crippen molar-refractivity contribution in [1.82, 2.24) is 13.9 Å². The molecule has 2 fully saturated rings. The summed E-state index contributed by atoms with van der Waals surface area (Å²) in [6.45, 7) is 8.30. The van der Waals surface area contributed by atoms with E-state index in [0.717, 1.165) is 51.6 Å². The fourth-order valence-corrected chi connectivity index (χ4v) is 5.49. The van der Waals surface area contributed by atoms with Crippen LogP contribution in [0, 0.1) is 5.92 Å². The van der Waals surface area contributed by atoms with E-state index in [9.17, 15) is 8.42 Å². The van der Waals surface area contributed by atoms with Gasteiger partial charge in [-0.1, -0.05) is 20.3 Å². The van der Waals surface area contributed by atoms with Crippen LogP contribution in [-0.2, 0) is 10.2 Å². The quantitative estimate of drug-likeness (QED) is 0.813. The Kier molecular flexibility index (Phi) is 6.47. The van der Waals surface area contributed by atoms with Gasteiger partial charge in [0.1, 0.15) is 0 Å². The van der Waals surface area contributed by atoms with Gasteiger partial charge in [0.25, 0.3) is 10.2 Å². The second-order valence-corrected chi connectivity index (χ2v) is 8.21. The highest BCUT2D eigenvalue weighted by atomic mass is 32.2. The number of hydrogen-bond acceptors (Lipinski definition) is 3. The zero-order chi connectivity index (χ0) is 15.3.